The molecule has 0 amide bonds. The summed E-state index contributed by atoms with van der Waals surface area (Å²) in [5.74, 6) is -1.62. The first-order valence-corrected chi connectivity index (χ1v) is 4.00. The normalized spacial score (nSPS) is 11.5. The number of carboxylic acids is 1. The minimum absolute atomic E-state index is 0. The Labute approximate surface area is 101 Å². The van der Waals surface area contributed by atoms with Crippen molar-refractivity contribution in [3.8, 4) is 11.5 Å². The third-order valence-electron chi connectivity index (χ3n) is 1.81. The third kappa shape index (κ3) is 3.91. The van der Waals surface area contributed by atoms with Crippen molar-refractivity contribution in [3.63, 3.8) is 0 Å². The van der Waals surface area contributed by atoms with E-state index in [1.54, 1.807) is 0 Å². The molecule has 80 valence electrons. The van der Waals surface area contributed by atoms with Crippen LogP contribution in [0.2, 0.25) is 0 Å². The Morgan fingerprint density at radius 2 is 1.93 bits per heavy atom. The van der Waals surface area contributed by atoms with Crippen molar-refractivity contribution in [1.82, 2.24) is 0 Å². The molecule has 6 heteroatoms. The largest absolute Gasteiger partial charge is 0.504 e. The predicted octanol–water partition coefficient (Wildman–Crippen LogP) is 0.0497. The van der Waals surface area contributed by atoms with Crippen LogP contribution in [0.3, 0.4) is 0 Å². The number of hydrogen-bond acceptors (Lipinski definition) is 4. The van der Waals surface area contributed by atoms with Crippen LogP contribution < -0.4 is 5.73 Å². The number of nitrogens with two attached hydrogens (primary N) is 1. The van der Waals surface area contributed by atoms with Gasteiger partial charge in [-0.1, -0.05) is 6.07 Å². The number of phenolic OH excluding ortho intramolecular Hbond substituents is 2. The maximum atomic E-state index is 10.4. The van der Waals surface area contributed by atoms with Crippen LogP contribution in [0.4, 0.5) is 0 Å². The summed E-state index contributed by atoms with van der Waals surface area (Å²) in [6, 6.07) is 3.09. The maximum absolute atomic E-state index is 10.4. The molecule has 1 rings (SSSR count). The number of carbonyl (C=O) groups is 1. The Kier molecular flexibility index (Phi) is 5.35. The Morgan fingerprint density at radius 1 is 1.33 bits per heavy atom. The quantitative estimate of drug-likeness (QED) is 0.445. The van der Waals surface area contributed by atoms with E-state index in [9.17, 15) is 4.79 Å². The average molecular weight is 245 g/mol. The van der Waals surface area contributed by atoms with Crippen LogP contribution >= 0.6 is 0 Å². The van der Waals surface area contributed by atoms with Gasteiger partial charge >= 0.3 is 5.97 Å². The zero-order valence-electron chi connectivity index (χ0n) is 7.84. The van der Waals surface area contributed by atoms with Crippen molar-refractivity contribution < 1.29 is 41.8 Å². The molecular weight excluding hydrogens is 234 g/mol. The molecule has 5 N–H and O–H groups in total. The van der Waals surface area contributed by atoms with Gasteiger partial charge in [0.05, 0.1) is 0 Å². The van der Waals surface area contributed by atoms with Crippen LogP contribution in [0.25, 0.3) is 0 Å². The monoisotopic (exact) mass is 245 g/mol. The average Bonchev–Trinajstić information content (AvgIpc) is 2.11. The number of benzene rings is 1. The second kappa shape index (κ2) is 5.75. The molecule has 5 nitrogen and oxygen atoms in total. The maximum Gasteiger partial charge on any atom is 0.320 e. The number of rotatable bonds is 3. The van der Waals surface area contributed by atoms with Crippen molar-refractivity contribution in [2.24, 2.45) is 5.73 Å². The Bertz CT molecular complexity index is 356. The number of carboxylic acid groups (broad SMARTS) is 1. The topological polar surface area (TPSA) is 104 Å². The predicted molar refractivity (Wildman–Crippen MR) is 49.1 cm³/mol. The summed E-state index contributed by atoms with van der Waals surface area (Å²) in [5.41, 5.74) is 5.86. The first kappa shape index (κ1) is 14.0. The summed E-state index contributed by atoms with van der Waals surface area (Å²) in [6.45, 7) is 0. The molecule has 0 aliphatic rings. The fourth-order valence-corrected chi connectivity index (χ4v) is 1.04. The Morgan fingerprint density at radius 3 is 2.40 bits per heavy atom. The van der Waals surface area contributed by atoms with Crippen molar-refractivity contribution >= 4 is 5.97 Å². The van der Waals surface area contributed by atoms with E-state index in [1.165, 1.54) is 18.2 Å². The van der Waals surface area contributed by atoms with E-state index in [1.807, 2.05) is 0 Å². The van der Waals surface area contributed by atoms with Crippen LogP contribution in [0, 0.1) is 0 Å². The molecule has 0 unspecified atom stereocenters. The molecule has 1 atom stereocenters. The third-order valence-corrected chi connectivity index (χ3v) is 1.81. The molecule has 1 aromatic carbocycles. The standard InChI is InChI=1S/C9H11NO4.Ti/c10-6(9(13)14)3-5-1-2-7(11)8(12)4-5;/h1-2,4,6,11-12H,3,10H2,(H,13,14);/t6-;/m0./s1. The van der Waals surface area contributed by atoms with Gasteiger partial charge in [0.25, 0.3) is 0 Å². The molecule has 0 spiro atoms. The smallest absolute Gasteiger partial charge is 0.320 e. The molecule has 1 aromatic rings. The summed E-state index contributed by atoms with van der Waals surface area (Å²) < 4.78 is 0. The number of aliphatic carboxylic acids is 1. The van der Waals surface area contributed by atoms with Gasteiger partial charge < -0.3 is 21.1 Å². The fraction of sp³-hybridized carbons (Fsp3) is 0.222. The molecule has 15 heavy (non-hydrogen) atoms. The number of hydrogen-bond donors (Lipinski definition) is 4. The van der Waals surface area contributed by atoms with E-state index in [0.29, 0.717) is 5.56 Å². The summed E-state index contributed by atoms with van der Waals surface area (Å²) in [4.78, 5) is 10.4. The second-order valence-electron chi connectivity index (χ2n) is 2.97. The van der Waals surface area contributed by atoms with Crippen molar-refractivity contribution in [2.45, 2.75) is 12.5 Å². The fourth-order valence-electron chi connectivity index (χ4n) is 1.04. The summed E-state index contributed by atoms with van der Waals surface area (Å²) >= 11 is 0. The van der Waals surface area contributed by atoms with Gasteiger partial charge in [0.2, 0.25) is 0 Å². The zero-order valence-corrected chi connectivity index (χ0v) is 9.41. The van der Waals surface area contributed by atoms with Crippen molar-refractivity contribution in [3.05, 3.63) is 23.8 Å². The summed E-state index contributed by atoms with van der Waals surface area (Å²) in [7, 11) is 0. The molecule has 0 saturated heterocycles. The Hall–Kier alpha value is -1.04. The number of aromatic hydroxyl groups is 2. The second-order valence-corrected chi connectivity index (χ2v) is 2.97. The molecule has 0 aliphatic carbocycles. The molecular formula is C9H11NO4Ti. The van der Waals surface area contributed by atoms with Gasteiger partial charge in [-0.05, 0) is 24.1 Å². The molecule has 0 fully saturated rings. The van der Waals surface area contributed by atoms with Gasteiger partial charge in [0, 0.05) is 21.7 Å². The van der Waals surface area contributed by atoms with Gasteiger partial charge in [-0.15, -0.1) is 0 Å². The van der Waals surface area contributed by atoms with Gasteiger partial charge in [-0.2, -0.15) is 0 Å². The minimum Gasteiger partial charge on any atom is -0.504 e. The number of phenols is 2. The molecule has 0 heterocycles. The van der Waals surface area contributed by atoms with E-state index in [-0.39, 0.29) is 39.6 Å². The van der Waals surface area contributed by atoms with Gasteiger partial charge in [0.15, 0.2) is 11.5 Å². The van der Waals surface area contributed by atoms with Crippen LogP contribution in [-0.4, -0.2) is 27.3 Å². The van der Waals surface area contributed by atoms with E-state index in [2.05, 4.69) is 0 Å². The molecule has 0 bridgehead atoms. The summed E-state index contributed by atoms with van der Waals surface area (Å²) in [5, 5.41) is 26.6. The van der Waals surface area contributed by atoms with Crippen LogP contribution in [-0.2, 0) is 32.9 Å². The van der Waals surface area contributed by atoms with Gasteiger partial charge in [-0.25, -0.2) is 0 Å². The van der Waals surface area contributed by atoms with Crippen molar-refractivity contribution in [2.75, 3.05) is 0 Å². The minimum atomic E-state index is -1.10. The van der Waals surface area contributed by atoms with Crippen LogP contribution in [0.5, 0.6) is 11.5 Å². The van der Waals surface area contributed by atoms with E-state index >= 15 is 0 Å². The molecule has 0 aliphatic heterocycles. The first-order chi connectivity index (χ1) is 6.50. The molecule has 0 saturated carbocycles. The van der Waals surface area contributed by atoms with Crippen molar-refractivity contribution in [1.29, 1.82) is 0 Å². The summed E-state index contributed by atoms with van der Waals surface area (Å²) in [6.07, 6.45) is 0.114. The van der Waals surface area contributed by atoms with Gasteiger partial charge in [-0.3, -0.25) is 4.79 Å². The zero-order chi connectivity index (χ0) is 10.7. The van der Waals surface area contributed by atoms with E-state index in [0.717, 1.165) is 0 Å². The van der Waals surface area contributed by atoms with E-state index in [4.69, 9.17) is 21.1 Å². The first-order valence-electron chi connectivity index (χ1n) is 4.00. The van der Waals surface area contributed by atoms with Gasteiger partial charge in [0.1, 0.15) is 6.04 Å². The Balaban J connectivity index is 0.00000196. The molecule has 0 radical (unpaired) electrons. The molecule has 0 aromatic heterocycles. The van der Waals surface area contributed by atoms with E-state index < -0.39 is 12.0 Å². The van der Waals surface area contributed by atoms with Crippen LogP contribution in [0.1, 0.15) is 5.56 Å². The van der Waals surface area contributed by atoms with Crippen LogP contribution in [0.15, 0.2) is 18.2 Å². The SMILES string of the molecule is N[C@@H](Cc1ccc(O)c(O)c1)C(=O)O.[Ti].